The first-order valence-corrected chi connectivity index (χ1v) is 7.06. The lowest BCUT2D eigenvalue weighted by molar-refractivity contribution is 0.306. The second-order valence-corrected chi connectivity index (χ2v) is 5.18. The summed E-state index contributed by atoms with van der Waals surface area (Å²) in [6.45, 7) is 4.75. The van der Waals surface area contributed by atoms with Crippen LogP contribution in [0.2, 0.25) is 0 Å². The van der Waals surface area contributed by atoms with Crippen LogP contribution in [0.25, 0.3) is 11.3 Å². The largest absolute Gasteiger partial charge is 0.489 e. The zero-order chi connectivity index (χ0) is 14.7. The van der Waals surface area contributed by atoms with Crippen molar-refractivity contribution in [2.75, 3.05) is 0 Å². The highest BCUT2D eigenvalue weighted by atomic mass is 16.5. The molecule has 1 aromatic heterocycles. The maximum Gasteiger partial charge on any atom is 0.134 e. The third kappa shape index (κ3) is 3.00. The molecule has 0 fully saturated rings. The maximum absolute atomic E-state index is 5.90. The van der Waals surface area contributed by atoms with Crippen molar-refractivity contribution in [1.29, 1.82) is 0 Å². The average Bonchev–Trinajstić information content (AvgIpc) is 2.99. The van der Waals surface area contributed by atoms with E-state index in [0.717, 1.165) is 28.2 Å². The lowest BCUT2D eigenvalue weighted by Gasteiger charge is -2.12. The highest BCUT2D eigenvalue weighted by Crippen LogP contribution is 2.31. The number of furan rings is 1. The van der Waals surface area contributed by atoms with Crippen molar-refractivity contribution in [2.24, 2.45) is 0 Å². The van der Waals surface area contributed by atoms with Crippen LogP contribution in [-0.2, 0) is 6.61 Å². The maximum atomic E-state index is 5.90. The van der Waals surface area contributed by atoms with Crippen LogP contribution in [0.1, 0.15) is 16.7 Å². The van der Waals surface area contributed by atoms with E-state index in [9.17, 15) is 0 Å². The summed E-state index contributed by atoms with van der Waals surface area (Å²) >= 11 is 0. The molecule has 3 rings (SSSR count). The smallest absolute Gasteiger partial charge is 0.134 e. The van der Waals surface area contributed by atoms with Crippen molar-refractivity contribution in [3.05, 3.63) is 77.6 Å². The summed E-state index contributed by atoms with van der Waals surface area (Å²) in [5.74, 6) is 1.80. The van der Waals surface area contributed by atoms with E-state index in [-0.39, 0.29) is 0 Å². The number of rotatable bonds is 4. The van der Waals surface area contributed by atoms with Crippen LogP contribution >= 0.6 is 0 Å². The van der Waals surface area contributed by atoms with Crippen molar-refractivity contribution in [1.82, 2.24) is 0 Å². The third-order valence-electron chi connectivity index (χ3n) is 3.52. The van der Waals surface area contributed by atoms with E-state index in [2.05, 4.69) is 38.1 Å². The Morgan fingerprint density at radius 1 is 0.905 bits per heavy atom. The van der Waals surface area contributed by atoms with Crippen molar-refractivity contribution in [3.8, 4) is 17.1 Å². The van der Waals surface area contributed by atoms with E-state index in [1.807, 2.05) is 30.3 Å². The molecule has 0 atom stereocenters. The molecule has 2 nitrogen and oxygen atoms in total. The molecule has 3 aromatic rings. The van der Waals surface area contributed by atoms with Crippen LogP contribution in [0.15, 0.2) is 65.3 Å². The van der Waals surface area contributed by atoms with Crippen LogP contribution in [-0.4, -0.2) is 0 Å². The first-order chi connectivity index (χ1) is 10.2. The summed E-state index contributed by atoms with van der Waals surface area (Å²) in [5.41, 5.74) is 4.64. The Labute approximate surface area is 125 Å². The van der Waals surface area contributed by atoms with E-state index in [1.165, 1.54) is 5.56 Å². The van der Waals surface area contributed by atoms with E-state index in [0.29, 0.717) is 6.61 Å². The molecule has 2 heteroatoms. The molecule has 2 aromatic carbocycles. The van der Waals surface area contributed by atoms with Gasteiger partial charge in [0.1, 0.15) is 18.1 Å². The van der Waals surface area contributed by atoms with E-state index < -0.39 is 0 Å². The molecular weight excluding hydrogens is 260 g/mol. The van der Waals surface area contributed by atoms with Crippen molar-refractivity contribution in [3.63, 3.8) is 0 Å². The van der Waals surface area contributed by atoms with E-state index in [4.69, 9.17) is 9.15 Å². The highest BCUT2D eigenvalue weighted by Gasteiger charge is 2.10. The van der Waals surface area contributed by atoms with Crippen LogP contribution in [0, 0.1) is 13.8 Å². The topological polar surface area (TPSA) is 22.4 Å². The number of hydrogen-bond donors (Lipinski definition) is 0. The van der Waals surface area contributed by atoms with Crippen LogP contribution in [0.5, 0.6) is 5.75 Å². The molecule has 0 saturated heterocycles. The van der Waals surface area contributed by atoms with Gasteiger partial charge in [-0.15, -0.1) is 0 Å². The summed E-state index contributed by atoms with van der Waals surface area (Å²) in [6, 6.07) is 18.2. The van der Waals surface area contributed by atoms with Gasteiger partial charge >= 0.3 is 0 Å². The summed E-state index contributed by atoms with van der Waals surface area (Å²) in [6.07, 6.45) is 1.70. The lowest BCUT2D eigenvalue weighted by atomic mass is 10.0. The molecule has 0 radical (unpaired) electrons. The van der Waals surface area contributed by atoms with Crippen molar-refractivity contribution >= 4 is 0 Å². The zero-order valence-corrected chi connectivity index (χ0v) is 12.3. The Kier molecular flexibility index (Phi) is 3.78. The Morgan fingerprint density at radius 3 is 2.24 bits per heavy atom. The van der Waals surface area contributed by atoms with Gasteiger partial charge in [-0.05, 0) is 54.8 Å². The molecule has 0 saturated carbocycles. The second kappa shape index (κ2) is 5.88. The number of ether oxygens (including phenoxy) is 1. The predicted octanol–water partition coefficient (Wildman–Crippen LogP) is 5.14. The summed E-state index contributed by atoms with van der Waals surface area (Å²) in [5, 5.41) is 0. The van der Waals surface area contributed by atoms with Gasteiger partial charge in [-0.1, -0.05) is 30.3 Å². The molecule has 0 bridgehead atoms. The van der Waals surface area contributed by atoms with Crippen molar-refractivity contribution < 1.29 is 9.15 Å². The highest BCUT2D eigenvalue weighted by molar-refractivity contribution is 5.67. The molecule has 0 N–H and O–H groups in total. The van der Waals surface area contributed by atoms with Gasteiger partial charge in [-0.3, -0.25) is 0 Å². The molecule has 0 spiro atoms. The normalized spacial score (nSPS) is 10.6. The Balaban J connectivity index is 1.82. The SMILES string of the molecule is Cc1cc(OCc2ccccc2)cc(C)c1-c1ccco1. The molecule has 1 heterocycles. The molecule has 0 amide bonds. The van der Waals surface area contributed by atoms with Crippen molar-refractivity contribution in [2.45, 2.75) is 20.5 Å². The minimum absolute atomic E-state index is 0.583. The molecule has 106 valence electrons. The summed E-state index contributed by atoms with van der Waals surface area (Å²) < 4.78 is 11.4. The van der Waals surface area contributed by atoms with E-state index in [1.54, 1.807) is 6.26 Å². The van der Waals surface area contributed by atoms with E-state index >= 15 is 0 Å². The predicted molar refractivity (Wildman–Crippen MR) is 84.4 cm³/mol. The lowest BCUT2D eigenvalue weighted by Crippen LogP contribution is -1.97. The summed E-state index contributed by atoms with van der Waals surface area (Å²) in [7, 11) is 0. The molecule has 0 aliphatic carbocycles. The first kappa shape index (κ1) is 13.5. The van der Waals surface area contributed by atoms with Gasteiger partial charge in [-0.25, -0.2) is 0 Å². The average molecular weight is 278 g/mol. The first-order valence-electron chi connectivity index (χ1n) is 7.06. The number of benzene rings is 2. The monoisotopic (exact) mass is 278 g/mol. The van der Waals surface area contributed by atoms with Crippen LogP contribution < -0.4 is 4.74 Å². The molecule has 0 aliphatic heterocycles. The van der Waals surface area contributed by atoms with Gasteiger partial charge in [0, 0.05) is 5.56 Å². The van der Waals surface area contributed by atoms with Crippen LogP contribution in [0.3, 0.4) is 0 Å². The standard InChI is InChI=1S/C19H18O2/c1-14-11-17(21-13-16-7-4-3-5-8-16)12-15(2)19(14)18-9-6-10-20-18/h3-12H,13H2,1-2H3. The zero-order valence-electron chi connectivity index (χ0n) is 12.3. The van der Waals surface area contributed by atoms with Gasteiger partial charge in [0.05, 0.1) is 6.26 Å². The minimum atomic E-state index is 0.583. The summed E-state index contributed by atoms with van der Waals surface area (Å²) in [4.78, 5) is 0. The van der Waals surface area contributed by atoms with Gasteiger partial charge in [0.15, 0.2) is 0 Å². The molecule has 0 unspecified atom stereocenters. The minimum Gasteiger partial charge on any atom is -0.489 e. The van der Waals surface area contributed by atoms with Crippen LogP contribution in [0.4, 0.5) is 0 Å². The van der Waals surface area contributed by atoms with Gasteiger partial charge in [-0.2, -0.15) is 0 Å². The fourth-order valence-electron chi connectivity index (χ4n) is 2.56. The van der Waals surface area contributed by atoms with Gasteiger partial charge < -0.3 is 9.15 Å². The second-order valence-electron chi connectivity index (χ2n) is 5.18. The molecule has 21 heavy (non-hydrogen) atoms. The third-order valence-corrected chi connectivity index (χ3v) is 3.52. The quantitative estimate of drug-likeness (QED) is 0.659. The number of aryl methyl sites for hydroxylation is 2. The Hall–Kier alpha value is -2.48. The Morgan fingerprint density at radius 2 is 1.62 bits per heavy atom. The fraction of sp³-hybridized carbons (Fsp3) is 0.158. The molecular formula is C19H18O2. The fourth-order valence-corrected chi connectivity index (χ4v) is 2.56. The van der Waals surface area contributed by atoms with Gasteiger partial charge in [0.2, 0.25) is 0 Å². The molecule has 0 aliphatic rings. The van der Waals surface area contributed by atoms with Gasteiger partial charge in [0.25, 0.3) is 0 Å². The Bertz CT molecular complexity index is 690. The number of hydrogen-bond acceptors (Lipinski definition) is 2.